The van der Waals surface area contributed by atoms with Crippen LogP contribution in [0.5, 0.6) is 0 Å². The third-order valence-corrected chi connectivity index (χ3v) is 2.70. The highest BCUT2D eigenvalue weighted by molar-refractivity contribution is 5.91. The second kappa shape index (κ2) is 3.82. The third-order valence-electron chi connectivity index (χ3n) is 2.70. The number of hydrogen-bond acceptors (Lipinski definition) is 1. The zero-order valence-corrected chi connectivity index (χ0v) is 9.14. The van der Waals surface area contributed by atoms with Crippen molar-refractivity contribution in [2.45, 2.75) is 34.1 Å². The fraction of sp³-hybridized carbons (Fsp3) is 0.417. The molecule has 76 valence electrons. The number of aryl methyl sites for hydroxylation is 2. The van der Waals surface area contributed by atoms with Crippen molar-refractivity contribution in [3.05, 3.63) is 33.9 Å². The molecule has 0 saturated carbocycles. The topological polar surface area (TPSA) is 37.3 Å². The van der Waals surface area contributed by atoms with E-state index in [0.29, 0.717) is 5.56 Å². The van der Waals surface area contributed by atoms with E-state index in [-0.39, 0.29) is 0 Å². The van der Waals surface area contributed by atoms with E-state index in [1.54, 1.807) is 0 Å². The monoisotopic (exact) mass is 192 g/mol. The predicted molar refractivity (Wildman–Crippen MR) is 57.0 cm³/mol. The van der Waals surface area contributed by atoms with Gasteiger partial charge in [-0.05, 0) is 49.4 Å². The maximum Gasteiger partial charge on any atom is 0.336 e. The van der Waals surface area contributed by atoms with Crippen LogP contribution in [0.2, 0.25) is 0 Å². The number of aromatic carboxylic acids is 1. The van der Waals surface area contributed by atoms with Crippen molar-refractivity contribution in [1.29, 1.82) is 0 Å². The highest BCUT2D eigenvalue weighted by atomic mass is 16.4. The molecule has 1 aromatic rings. The Hall–Kier alpha value is -1.31. The Kier molecular flexibility index (Phi) is 2.94. The lowest BCUT2D eigenvalue weighted by molar-refractivity contribution is 0.0695. The van der Waals surface area contributed by atoms with Gasteiger partial charge in [-0.2, -0.15) is 0 Å². The van der Waals surface area contributed by atoms with Gasteiger partial charge in [-0.3, -0.25) is 0 Å². The van der Waals surface area contributed by atoms with Gasteiger partial charge in [0.2, 0.25) is 0 Å². The van der Waals surface area contributed by atoms with E-state index in [1.165, 1.54) is 5.56 Å². The van der Waals surface area contributed by atoms with Gasteiger partial charge < -0.3 is 5.11 Å². The molecule has 0 atom stereocenters. The smallest absolute Gasteiger partial charge is 0.336 e. The molecule has 1 rings (SSSR count). The molecule has 0 aliphatic carbocycles. The fourth-order valence-corrected chi connectivity index (χ4v) is 2.10. The minimum atomic E-state index is -0.824. The van der Waals surface area contributed by atoms with Crippen LogP contribution >= 0.6 is 0 Å². The number of carboxylic acid groups (broad SMARTS) is 1. The van der Waals surface area contributed by atoms with Crippen LogP contribution in [-0.2, 0) is 6.42 Å². The van der Waals surface area contributed by atoms with E-state index in [0.717, 1.165) is 23.1 Å². The summed E-state index contributed by atoms with van der Waals surface area (Å²) in [5, 5.41) is 9.06. The van der Waals surface area contributed by atoms with Crippen molar-refractivity contribution in [2.24, 2.45) is 0 Å². The summed E-state index contributed by atoms with van der Waals surface area (Å²) in [5.41, 5.74) is 4.58. The minimum Gasteiger partial charge on any atom is -0.478 e. The van der Waals surface area contributed by atoms with Gasteiger partial charge in [0.15, 0.2) is 0 Å². The Labute approximate surface area is 84.6 Å². The second-order valence-electron chi connectivity index (χ2n) is 3.65. The Balaban J connectivity index is 3.52. The van der Waals surface area contributed by atoms with Crippen LogP contribution in [0.15, 0.2) is 6.07 Å². The van der Waals surface area contributed by atoms with Crippen LogP contribution in [0.4, 0.5) is 0 Å². The summed E-state index contributed by atoms with van der Waals surface area (Å²) in [7, 11) is 0. The molecule has 2 nitrogen and oxygen atoms in total. The Morgan fingerprint density at radius 3 is 2.29 bits per heavy atom. The molecule has 2 heteroatoms. The number of rotatable bonds is 2. The molecule has 0 amide bonds. The number of carboxylic acids is 1. The lowest BCUT2D eigenvalue weighted by Gasteiger charge is -2.13. The van der Waals surface area contributed by atoms with E-state index in [9.17, 15) is 4.79 Å². The first kappa shape index (κ1) is 10.8. The largest absolute Gasteiger partial charge is 0.478 e. The third kappa shape index (κ3) is 1.65. The first-order chi connectivity index (χ1) is 6.49. The normalized spacial score (nSPS) is 10.3. The summed E-state index contributed by atoms with van der Waals surface area (Å²) in [6, 6.07) is 1.95. The van der Waals surface area contributed by atoms with Crippen LogP contribution in [0.25, 0.3) is 0 Å². The summed E-state index contributed by atoms with van der Waals surface area (Å²) >= 11 is 0. The summed E-state index contributed by atoms with van der Waals surface area (Å²) in [6.07, 6.45) is 0.887. The number of hydrogen-bond donors (Lipinski definition) is 1. The van der Waals surface area contributed by atoms with Crippen molar-refractivity contribution in [2.75, 3.05) is 0 Å². The average molecular weight is 192 g/mol. The number of carbonyl (C=O) groups is 1. The molecule has 0 saturated heterocycles. The SMILES string of the molecule is CCc1c(C)cc(C)c(C(=O)O)c1C. The molecule has 0 fully saturated rings. The van der Waals surface area contributed by atoms with Gasteiger partial charge in [0.25, 0.3) is 0 Å². The predicted octanol–water partition coefficient (Wildman–Crippen LogP) is 2.87. The van der Waals surface area contributed by atoms with Gasteiger partial charge in [0, 0.05) is 0 Å². The highest BCUT2D eigenvalue weighted by Crippen LogP contribution is 2.22. The van der Waals surface area contributed by atoms with Crippen molar-refractivity contribution in [1.82, 2.24) is 0 Å². The molecule has 0 spiro atoms. The minimum absolute atomic E-state index is 0.465. The maximum absolute atomic E-state index is 11.0. The van der Waals surface area contributed by atoms with Crippen molar-refractivity contribution < 1.29 is 9.90 Å². The molecule has 1 aromatic carbocycles. The zero-order chi connectivity index (χ0) is 10.9. The highest BCUT2D eigenvalue weighted by Gasteiger charge is 2.14. The van der Waals surface area contributed by atoms with Crippen molar-refractivity contribution in [3.63, 3.8) is 0 Å². The standard InChI is InChI=1S/C12H16O2/c1-5-10-7(2)6-8(3)11(9(10)4)12(13)14/h6H,5H2,1-4H3,(H,13,14). The molecule has 0 aliphatic heterocycles. The molecule has 14 heavy (non-hydrogen) atoms. The molecule has 0 heterocycles. The summed E-state index contributed by atoms with van der Waals surface area (Å²) in [5.74, 6) is -0.824. The van der Waals surface area contributed by atoms with Crippen LogP contribution in [-0.4, -0.2) is 11.1 Å². The first-order valence-electron chi connectivity index (χ1n) is 4.82. The van der Waals surface area contributed by atoms with E-state index < -0.39 is 5.97 Å². The molecule has 0 radical (unpaired) electrons. The summed E-state index contributed by atoms with van der Waals surface area (Å²) < 4.78 is 0. The van der Waals surface area contributed by atoms with E-state index in [1.807, 2.05) is 26.8 Å². The lowest BCUT2D eigenvalue weighted by Crippen LogP contribution is -2.07. The Morgan fingerprint density at radius 2 is 1.86 bits per heavy atom. The fourth-order valence-electron chi connectivity index (χ4n) is 2.10. The van der Waals surface area contributed by atoms with Gasteiger partial charge in [-0.25, -0.2) is 4.79 Å². The quantitative estimate of drug-likeness (QED) is 0.782. The van der Waals surface area contributed by atoms with Crippen molar-refractivity contribution >= 4 is 5.97 Å². The second-order valence-corrected chi connectivity index (χ2v) is 3.65. The Morgan fingerprint density at radius 1 is 1.29 bits per heavy atom. The maximum atomic E-state index is 11.0. The molecule has 0 bridgehead atoms. The molecule has 0 unspecified atom stereocenters. The van der Waals surface area contributed by atoms with Gasteiger partial charge >= 0.3 is 5.97 Å². The van der Waals surface area contributed by atoms with E-state index in [2.05, 4.69) is 6.92 Å². The zero-order valence-electron chi connectivity index (χ0n) is 9.14. The van der Waals surface area contributed by atoms with Crippen LogP contribution in [0.3, 0.4) is 0 Å². The molecule has 0 aliphatic rings. The van der Waals surface area contributed by atoms with Gasteiger partial charge in [-0.15, -0.1) is 0 Å². The van der Waals surface area contributed by atoms with Gasteiger partial charge in [-0.1, -0.05) is 13.0 Å². The summed E-state index contributed by atoms with van der Waals surface area (Å²) in [4.78, 5) is 11.0. The lowest BCUT2D eigenvalue weighted by atomic mass is 9.92. The number of benzene rings is 1. The van der Waals surface area contributed by atoms with Gasteiger partial charge in [0.1, 0.15) is 0 Å². The van der Waals surface area contributed by atoms with E-state index >= 15 is 0 Å². The molecular weight excluding hydrogens is 176 g/mol. The summed E-state index contributed by atoms with van der Waals surface area (Å²) in [6.45, 7) is 7.83. The molecule has 0 aromatic heterocycles. The van der Waals surface area contributed by atoms with Gasteiger partial charge in [0.05, 0.1) is 5.56 Å². The van der Waals surface area contributed by atoms with Crippen LogP contribution in [0.1, 0.15) is 39.5 Å². The first-order valence-corrected chi connectivity index (χ1v) is 4.82. The average Bonchev–Trinajstić information content (AvgIpc) is 2.02. The van der Waals surface area contributed by atoms with Crippen LogP contribution < -0.4 is 0 Å². The Bertz CT molecular complexity index is 378. The van der Waals surface area contributed by atoms with Crippen LogP contribution in [0, 0.1) is 20.8 Å². The van der Waals surface area contributed by atoms with E-state index in [4.69, 9.17) is 5.11 Å². The molecule has 1 N–H and O–H groups in total. The molecular formula is C12H16O2. The van der Waals surface area contributed by atoms with Crippen molar-refractivity contribution in [3.8, 4) is 0 Å².